The SMILES string of the molecule is CC1(C)c2ccccc2-c2ccc(-n3c4ccc(-c5ccc(C6=CC7CC7(c7ccccc7)C=C6)cc5)cc4c4cc(-c5ccc(-c6ccc(-c7ccccc7)cc6)cc5)ccc43)cc21. The molecule has 13 rings (SSSR count). The first-order valence-electron chi connectivity index (χ1n) is 23.1. The largest absolute Gasteiger partial charge is 0.309 e. The van der Waals surface area contributed by atoms with Crippen molar-refractivity contribution < 1.29 is 0 Å². The molecule has 1 saturated carbocycles. The van der Waals surface area contributed by atoms with Gasteiger partial charge in [-0.1, -0.05) is 208 Å². The highest BCUT2D eigenvalue weighted by atomic mass is 15.0. The van der Waals surface area contributed by atoms with Crippen molar-refractivity contribution in [3.8, 4) is 61.3 Å². The summed E-state index contributed by atoms with van der Waals surface area (Å²) < 4.78 is 2.48. The first kappa shape index (κ1) is 37.8. The normalized spacial score (nSPS) is 17.7. The summed E-state index contributed by atoms with van der Waals surface area (Å²) in [5.41, 5.74) is 23.0. The lowest BCUT2D eigenvalue weighted by molar-refractivity contribution is 0.660. The molecule has 308 valence electrons. The highest BCUT2D eigenvalue weighted by molar-refractivity contribution is 6.12. The van der Waals surface area contributed by atoms with Crippen molar-refractivity contribution in [3.63, 3.8) is 0 Å². The molecule has 1 fully saturated rings. The van der Waals surface area contributed by atoms with Gasteiger partial charge in [-0.25, -0.2) is 0 Å². The van der Waals surface area contributed by atoms with Gasteiger partial charge < -0.3 is 4.57 Å². The van der Waals surface area contributed by atoms with Crippen molar-refractivity contribution in [1.82, 2.24) is 4.57 Å². The Morgan fingerprint density at radius 3 is 1.48 bits per heavy atom. The van der Waals surface area contributed by atoms with Gasteiger partial charge in [-0.2, -0.15) is 0 Å². The van der Waals surface area contributed by atoms with Gasteiger partial charge >= 0.3 is 0 Å². The van der Waals surface area contributed by atoms with E-state index in [9.17, 15) is 0 Å². The zero-order chi connectivity index (χ0) is 43.3. The molecule has 0 saturated heterocycles. The quantitative estimate of drug-likeness (QED) is 0.151. The smallest absolute Gasteiger partial charge is 0.0541 e. The van der Waals surface area contributed by atoms with E-state index < -0.39 is 0 Å². The highest BCUT2D eigenvalue weighted by Crippen LogP contribution is 2.59. The van der Waals surface area contributed by atoms with Crippen LogP contribution in [0.25, 0.3) is 88.7 Å². The van der Waals surface area contributed by atoms with Gasteiger partial charge in [-0.3, -0.25) is 0 Å². The predicted molar refractivity (Wildman–Crippen MR) is 273 cm³/mol. The molecule has 1 nitrogen and oxygen atoms in total. The summed E-state index contributed by atoms with van der Waals surface area (Å²) in [5, 5.41) is 2.51. The van der Waals surface area contributed by atoms with E-state index in [1.165, 1.54) is 117 Å². The Morgan fingerprint density at radius 2 is 0.892 bits per heavy atom. The lowest BCUT2D eigenvalue weighted by Crippen LogP contribution is -2.15. The first-order chi connectivity index (χ1) is 31.9. The molecule has 2 unspecified atom stereocenters. The molecule has 10 aromatic rings. The van der Waals surface area contributed by atoms with E-state index in [0.717, 1.165) is 0 Å². The second-order valence-corrected chi connectivity index (χ2v) is 19.0. The number of hydrogen-bond donors (Lipinski definition) is 0. The van der Waals surface area contributed by atoms with E-state index in [1.54, 1.807) is 0 Å². The van der Waals surface area contributed by atoms with Crippen molar-refractivity contribution in [2.24, 2.45) is 5.92 Å². The van der Waals surface area contributed by atoms with Crippen LogP contribution >= 0.6 is 0 Å². The molecule has 1 heterocycles. The Kier molecular flexibility index (Phi) is 8.37. The number of aromatic nitrogens is 1. The van der Waals surface area contributed by atoms with Crippen LogP contribution in [0.2, 0.25) is 0 Å². The standard InChI is InChI=1S/C64H47N/c1-63(2)59-16-10-9-15-55(59)56-32-31-54(40-60(56)63)65-61-33-29-49(46-23-21-45(22-24-46)44-19-17-43(18-20-44)42-11-5-3-6-12-42)38-57(61)58-39-50(30-34-62(58)65)47-25-27-48(28-26-47)51-35-36-64(41-53(64)37-51)52-13-7-4-8-14-52/h3-40,53H,41H2,1-2H3. The zero-order valence-corrected chi connectivity index (χ0v) is 36.7. The molecule has 0 aliphatic heterocycles. The van der Waals surface area contributed by atoms with E-state index in [0.29, 0.717) is 5.92 Å². The van der Waals surface area contributed by atoms with Crippen LogP contribution in [0.15, 0.2) is 231 Å². The third-order valence-electron chi connectivity index (χ3n) is 15.0. The fourth-order valence-corrected chi connectivity index (χ4v) is 11.3. The van der Waals surface area contributed by atoms with Crippen LogP contribution in [0.1, 0.15) is 42.5 Å². The summed E-state index contributed by atoms with van der Waals surface area (Å²) in [4.78, 5) is 0. The van der Waals surface area contributed by atoms with Crippen LogP contribution in [-0.2, 0) is 10.8 Å². The lowest BCUT2D eigenvalue weighted by atomic mass is 9.82. The van der Waals surface area contributed by atoms with E-state index in [1.807, 2.05) is 0 Å². The fourth-order valence-electron chi connectivity index (χ4n) is 11.3. The highest BCUT2D eigenvalue weighted by Gasteiger charge is 2.53. The molecule has 3 aliphatic carbocycles. The van der Waals surface area contributed by atoms with Gasteiger partial charge in [0, 0.05) is 27.3 Å². The van der Waals surface area contributed by atoms with Crippen molar-refractivity contribution in [2.75, 3.05) is 0 Å². The van der Waals surface area contributed by atoms with Crippen molar-refractivity contribution in [3.05, 3.63) is 253 Å². The third kappa shape index (κ3) is 6.06. The van der Waals surface area contributed by atoms with Gasteiger partial charge in [0.1, 0.15) is 0 Å². The van der Waals surface area contributed by atoms with Crippen LogP contribution in [-0.4, -0.2) is 4.57 Å². The monoisotopic (exact) mass is 829 g/mol. The van der Waals surface area contributed by atoms with Crippen molar-refractivity contribution >= 4 is 27.4 Å². The zero-order valence-electron chi connectivity index (χ0n) is 36.7. The average molecular weight is 830 g/mol. The third-order valence-corrected chi connectivity index (χ3v) is 15.0. The number of nitrogens with zero attached hydrogens (tertiary/aromatic N) is 1. The minimum Gasteiger partial charge on any atom is -0.309 e. The second kappa shape index (κ2) is 14.4. The maximum atomic E-state index is 2.50. The van der Waals surface area contributed by atoms with Crippen LogP contribution in [0.4, 0.5) is 0 Å². The molecule has 1 heteroatoms. The molecular formula is C64H47N. The minimum absolute atomic E-state index is 0.0869. The molecule has 0 N–H and O–H groups in total. The molecule has 0 bridgehead atoms. The fraction of sp³-hybridized carbons (Fsp3) is 0.0938. The Balaban J connectivity index is 0.876. The Bertz CT molecular complexity index is 3550. The topological polar surface area (TPSA) is 4.93 Å². The number of benzene rings is 9. The molecule has 3 aliphatic rings. The first-order valence-corrected chi connectivity index (χ1v) is 23.1. The van der Waals surface area contributed by atoms with Crippen LogP contribution in [0.3, 0.4) is 0 Å². The summed E-state index contributed by atoms with van der Waals surface area (Å²) in [6, 6.07) is 78.9. The molecule has 1 aromatic heterocycles. The molecule has 65 heavy (non-hydrogen) atoms. The van der Waals surface area contributed by atoms with Gasteiger partial charge in [0.15, 0.2) is 0 Å². The molecule has 9 aromatic carbocycles. The molecule has 0 radical (unpaired) electrons. The van der Waals surface area contributed by atoms with Crippen LogP contribution in [0.5, 0.6) is 0 Å². The summed E-state index contributed by atoms with van der Waals surface area (Å²) in [5.74, 6) is 0.566. The number of rotatable bonds is 7. The van der Waals surface area contributed by atoms with Gasteiger partial charge in [0.2, 0.25) is 0 Å². The van der Waals surface area contributed by atoms with Crippen molar-refractivity contribution in [2.45, 2.75) is 31.1 Å². The summed E-state index contributed by atoms with van der Waals surface area (Å²) >= 11 is 0. The maximum Gasteiger partial charge on any atom is 0.0541 e. The number of hydrogen-bond acceptors (Lipinski definition) is 0. The van der Waals surface area contributed by atoms with E-state index in [-0.39, 0.29) is 10.8 Å². The van der Waals surface area contributed by atoms with E-state index in [4.69, 9.17) is 0 Å². The Labute approximate surface area is 381 Å². The Morgan fingerprint density at radius 1 is 0.415 bits per heavy atom. The molecule has 2 atom stereocenters. The molecule has 0 spiro atoms. The van der Waals surface area contributed by atoms with Gasteiger partial charge in [0.25, 0.3) is 0 Å². The number of allylic oxidation sites excluding steroid dienone is 4. The lowest BCUT2D eigenvalue weighted by Gasteiger charge is -2.22. The van der Waals surface area contributed by atoms with Crippen molar-refractivity contribution in [1.29, 1.82) is 0 Å². The van der Waals surface area contributed by atoms with Gasteiger partial charge in [-0.15, -0.1) is 0 Å². The molecule has 0 amide bonds. The van der Waals surface area contributed by atoms with E-state index in [2.05, 4.69) is 249 Å². The van der Waals surface area contributed by atoms with Crippen LogP contribution in [0, 0.1) is 5.92 Å². The number of fused-ring (bicyclic) bond motifs is 7. The van der Waals surface area contributed by atoms with E-state index >= 15 is 0 Å². The average Bonchev–Trinajstić information content (AvgIpc) is 3.97. The molecular weight excluding hydrogens is 783 g/mol. The van der Waals surface area contributed by atoms with Gasteiger partial charge in [-0.05, 0) is 132 Å². The summed E-state index contributed by atoms with van der Waals surface area (Å²) in [6.07, 6.45) is 8.49. The maximum absolute atomic E-state index is 2.50. The predicted octanol–water partition coefficient (Wildman–Crippen LogP) is 16.7. The Hall–Kier alpha value is -7.74. The second-order valence-electron chi connectivity index (χ2n) is 19.0. The minimum atomic E-state index is -0.0869. The van der Waals surface area contributed by atoms with Crippen LogP contribution < -0.4 is 0 Å². The van der Waals surface area contributed by atoms with Gasteiger partial charge in [0.05, 0.1) is 11.0 Å². The summed E-state index contributed by atoms with van der Waals surface area (Å²) in [7, 11) is 0. The summed E-state index contributed by atoms with van der Waals surface area (Å²) in [6.45, 7) is 4.74.